The first-order valence-electron chi connectivity index (χ1n) is 9.44. The molecule has 0 saturated carbocycles. The Balaban J connectivity index is 1.82. The average Bonchev–Trinajstić information content (AvgIpc) is 2.73. The van der Waals surface area contributed by atoms with E-state index in [4.69, 9.17) is 11.6 Å². The Morgan fingerprint density at radius 2 is 1.81 bits per heavy atom. The van der Waals surface area contributed by atoms with Crippen LogP contribution in [0.25, 0.3) is 10.9 Å². The van der Waals surface area contributed by atoms with Gasteiger partial charge < -0.3 is 15.5 Å². The molecule has 0 aliphatic heterocycles. The predicted molar refractivity (Wildman–Crippen MR) is 117 cm³/mol. The van der Waals surface area contributed by atoms with Crippen LogP contribution in [-0.2, 0) is 4.79 Å². The maximum absolute atomic E-state index is 12.4. The lowest BCUT2D eigenvalue weighted by molar-refractivity contribution is -0.121. The van der Waals surface area contributed by atoms with Crippen molar-refractivity contribution >= 4 is 46.3 Å². The number of nitrogens with zero attached hydrogens (tertiary/aromatic N) is 2. The molecule has 0 fully saturated rings. The quantitative estimate of drug-likeness (QED) is 0.501. The molecule has 3 rings (SSSR count). The van der Waals surface area contributed by atoms with Gasteiger partial charge in [-0.15, -0.1) is 0 Å². The van der Waals surface area contributed by atoms with Crippen molar-refractivity contribution < 1.29 is 24.6 Å². The number of anilines is 1. The Kier molecular flexibility index (Phi) is 6.71. The van der Waals surface area contributed by atoms with E-state index < -0.39 is 12.1 Å². The van der Waals surface area contributed by atoms with Gasteiger partial charge in [0.1, 0.15) is 5.56 Å². The Bertz CT molecular complexity index is 1140. The van der Waals surface area contributed by atoms with Crippen LogP contribution in [0.4, 0.5) is 10.6 Å². The minimum Gasteiger partial charge on any atom is -0.478 e. The highest BCUT2D eigenvalue weighted by molar-refractivity contribution is 6.31. The molecular weight excluding hydrogens is 422 g/mol. The Morgan fingerprint density at radius 3 is 2.45 bits per heavy atom. The number of aromatic carboxylic acids is 1. The van der Waals surface area contributed by atoms with Crippen molar-refractivity contribution in [2.24, 2.45) is 0 Å². The summed E-state index contributed by atoms with van der Waals surface area (Å²) >= 11 is 5.95. The molecule has 1 heterocycles. The normalized spacial score (nSPS) is 11.7. The number of hydrogen-bond donors (Lipinski definition) is 3. The van der Waals surface area contributed by atoms with Crippen LogP contribution in [0.2, 0.25) is 5.02 Å². The van der Waals surface area contributed by atoms with E-state index in [1.807, 2.05) is 37.3 Å². The highest BCUT2D eigenvalue weighted by atomic mass is 35.5. The van der Waals surface area contributed by atoms with E-state index in [1.54, 1.807) is 18.2 Å². The molecule has 1 atom stereocenters. The summed E-state index contributed by atoms with van der Waals surface area (Å²) < 4.78 is 0. The van der Waals surface area contributed by atoms with Crippen LogP contribution >= 0.6 is 11.6 Å². The van der Waals surface area contributed by atoms with Crippen LogP contribution in [0, 0.1) is 0 Å². The second-order valence-corrected chi connectivity index (χ2v) is 7.32. The Hall–Kier alpha value is -3.65. The van der Waals surface area contributed by atoms with Gasteiger partial charge in [-0.25, -0.2) is 14.6 Å². The summed E-state index contributed by atoms with van der Waals surface area (Å²) in [6.45, 7) is 1.57. The van der Waals surface area contributed by atoms with E-state index >= 15 is 0 Å². The van der Waals surface area contributed by atoms with Crippen LogP contribution in [0.15, 0.2) is 54.6 Å². The SMILES string of the molecule is CC(NC(=O)CCN(C(=O)O)c1nc2ccc(Cl)cc2cc1C(=O)O)c1ccccc1. The zero-order valence-electron chi connectivity index (χ0n) is 16.6. The van der Waals surface area contributed by atoms with Crippen molar-refractivity contribution in [2.75, 3.05) is 11.4 Å². The summed E-state index contributed by atoms with van der Waals surface area (Å²) in [6.07, 6.45) is -1.57. The third-order valence-electron chi connectivity index (χ3n) is 4.71. The zero-order chi connectivity index (χ0) is 22.5. The number of aromatic nitrogens is 1. The highest BCUT2D eigenvalue weighted by Crippen LogP contribution is 2.26. The van der Waals surface area contributed by atoms with Crippen molar-refractivity contribution in [1.29, 1.82) is 0 Å². The topological polar surface area (TPSA) is 120 Å². The molecule has 0 aliphatic rings. The van der Waals surface area contributed by atoms with E-state index in [0.717, 1.165) is 10.5 Å². The van der Waals surface area contributed by atoms with Gasteiger partial charge in [0.25, 0.3) is 0 Å². The number of halogens is 1. The van der Waals surface area contributed by atoms with Crippen molar-refractivity contribution in [3.63, 3.8) is 0 Å². The summed E-state index contributed by atoms with van der Waals surface area (Å²) in [5.41, 5.74) is 1.00. The number of hydrogen-bond acceptors (Lipinski definition) is 4. The molecule has 3 N–H and O–H groups in total. The first-order valence-corrected chi connectivity index (χ1v) is 9.82. The number of carbonyl (C=O) groups is 3. The van der Waals surface area contributed by atoms with Crippen molar-refractivity contribution in [3.05, 3.63) is 70.7 Å². The zero-order valence-corrected chi connectivity index (χ0v) is 17.3. The Labute approximate surface area is 183 Å². The fourth-order valence-electron chi connectivity index (χ4n) is 3.14. The van der Waals surface area contributed by atoms with Gasteiger partial charge in [0.2, 0.25) is 5.91 Å². The summed E-state index contributed by atoms with van der Waals surface area (Å²) in [4.78, 5) is 41.0. The molecule has 2 amide bonds. The maximum Gasteiger partial charge on any atom is 0.413 e. The molecule has 31 heavy (non-hydrogen) atoms. The third kappa shape index (κ3) is 5.29. The molecule has 8 nitrogen and oxygen atoms in total. The van der Waals surface area contributed by atoms with E-state index in [2.05, 4.69) is 10.3 Å². The number of pyridine rings is 1. The van der Waals surface area contributed by atoms with Gasteiger partial charge in [-0.2, -0.15) is 0 Å². The molecule has 0 aliphatic carbocycles. The number of carbonyl (C=O) groups excluding carboxylic acids is 1. The molecule has 0 bridgehead atoms. The molecule has 1 aromatic heterocycles. The third-order valence-corrected chi connectivity index (χ3v) is 4.95. The molecule has 160 valence electrons. The van der Waals surface area contributed by atoms with Crippen LogP contribution in [0.3, 0.4) is 0 Å². The van der Waals surface area contributed by atoms with Gasteiger partial charge in [0.15, 0.2) is 5.82 Å². The second kappa shape index (κ2) is 9.44. The van der Waals surface area contributed by atoms with E-state index in [1.165, 1.54) is 6.07 Å². The van der Waals surface area contributed by atoms with Crippen molar-refractivity contribution in [1.82, 2.24) is 10.3 Å². The van der Waals surface area contributed by atoms with E-state index in [-0.39, 0.29) is 36.3 Å². The van der Waals surface area contributed by atoms with Crippen molar-refractivity contribution in [2.45, 2.75) is 19.4 Å². The highest BCUT2D eigenvalue weighted by Gasteiger charge is 2.25. The molecule has 0 radical (unpaired) electrons. The number of carboxylic acid groups (broad SMARTS) is 2. The number of fused-ring (bicyclic) bond motifs is 1. The second-order valence-electron chi connectivity index (χ2n) is 6.89. The molecule has 1 unspecified atom stereocenters. The molecule has 3 aromatic rings. The summed E-state index contributed by atoms with van der Waals surface area (Å²) in [6, 6.07) is 15.1. The fraction of sp³-hybridized carbons (Fsp3) is 0.182. The van der Waals surface area contributed by atoms with Crippen molar-refractivity contribution in [3.8, 4) is 0 Å². The predicted octanol–water partition coefficient (Wildman–Crippen LogP) is 4.34. The first-order chi connectivity index (χ1) is 14.8. The van der Waals surface area contributed by atoms with Gasteiger partial charge >= 0.3 is 12.1 Å². The molecule has 2 aromatic carbocycles. The number of benzene rings is 2. The van der Waals surface area contributed by atoms with Crippen LogP contribution < -0.4 is 10.2 Å². The minimum atomic E-state index is -1.41. The minimum absolute atomic E-state index is 0.164. The molecular formula is C22H20ClN3O5. The van der Waals surface area contributed by atoms with Crippen LogP contribution in [0.5, 0.6) is 0 Å². The molecule has 9 heteroatoms. The first kappa shape index (κ1) is 22.0. The smallest absolute Gasteiger partial charge is 0.413 e. The number of rotatable bonds is 7. The number of carboxylic acids is 1. The van der Waals surface area contributed by atoms with Gasteiger partial charge in [0, 0.05) is 23.4 Å². The lowest BCUT2D eigenvalue weighted by Gasteiger charge is -2.21. The lowest BCUT2D eigenvalue weighted by Crippen LogP contribution is -2.36. The largest absolute Gasteiger partial charge is 0.478 e. The van der Waals surface area contributed by atoms with Gasteiger partial charge in [0.05, 0.1) is 11.6 Å². The number of nitrogens with one attached hydrogen (secondary N) is 1. The van der Waals surface area contributed by atoms with E-state index in [0.29, 0.717) is 15.9 Å². The average molecular weight is 442 g/mol. The monoisotopic (exact) mass is 441 g/mol. The molecule has 0 saturated heterocycles. The fourth-order valence-corrected chi connectivity index (χ4v) is 3.33. The van der Waals surface area contributed by atoms with Crippen LogP contribution in [0.1, 0.15) is 35.3 Å². The summed E-state index contributed by atoms with van der Waals surface area (Å²) in [7, 11) is 0. The van der Waals surface area contributed by atoms with Crippen LogP contribution in [-0.4, -0.2) is 39.7 Å². The number of amides is 2. The van der Waals surface area contributed by atoms with Gasteiger partial charge in [-0.1, -0.05) is 41.9 Å². The van der Waals surface area contributed by atoms with E-state index in [9.17, 15) is 24.6 Å². The summed E-state index contributed by atoms with van der Waals surface area (Å²) in [5, 5.41) is 22.9. The Morgan fingerprint density at radius 1 is 1.10 bits per heavy atom. The standard InChI is InChI=1S/C22H20ClN3O5/c1-13(14-5-3-2-4-6-14)24-19(27)9-10-26(22(30)31)20-17(21(28)29)12-15-11-16(23)7-8-18(15)25-20/h2-8,11-13H,9-10H2,1H3,(H,24,27)(H,28,29)(H,30,31). The van der Waals surface area contributed by atoms with Gasteiger partial charge in [-0.3, -0.25) is 9.69 Å². The van der Waals surface area contributed by atoms with Gasteiger partial charge in [-0.05, 0) is 36.8 Å². The summed E-state index contributed by atoms with van der Waals surface area (Å²) in [5.74, 6) is -1.96. The molecule has 0 spiro atoms. The lowest BCUT2D eigenvalue weighted by atomic mass is 10.1. The maximum atomic E-state index is 12.4.